The molecule has 1 aromatic rings. The largest absolute Gasteiger partial charge is 0.383 e. The van der Waals surface area contributed by atoms with E-state index in [2.05, 4.69) is 17.1 Å². The van der Waals surface area contributed by atoms with Crippen molar-refractivity contribution in [2.24, 2.45) is 5.73 Å². The van der Waals surface area contributed by atoms with E-state index in [0.29, 0.717) is 12.4 Å². The highest BCUT2D eigenvalue weighted by Gasteiger charge is 2.34. The van der Waals surface area contributed by atoms with Gasteiger partial charge in [0.25, 0.3) is 0 Å². The lowest BCUT2D eigenvalue weighted by molar-refractivity contribution is 0.176. The Morgan fingerprint density at radius 2 is 2.12 bits per heavy atom. The maximum Gasteiger partial charge on any atom is 0.232 e. The molecule has 1 aromatic heterocycles. The molecule has 1 aliphatic rings. The second-order valence-corrected chi connectivity index (χ2v) is 5.14. The van der Waals surface area contributed by atoms with Crippen LogP contribution >= 0.6 is 0 Å². The molecule has 17 heavy (non-hydrogen) atoms. The second kappa shape index (κ2) is 5.14. The molecule has 2 N–H and O–H groups in total. The predicted molar refractivity (Wildman–Crippen MR) is 63.5 cm³/mol. The Kier molecular flexibility index (Phi) is 3.79. The van der Waals surface area contributed by atoms with E-state index in [4.69, 9.17) is 15.0 Å². The quantitative estimate of drug-likeness (QED) is 0.869. The Hall–Kier alpha value is -0.940. The number of methoxy groups -OCH3 is 1. The van der Waals surface area contributed by atoms with Crippen LogP contribution in [0.25, 0.3) is 0 Å². The van der Waals surface area contributed by atoms with Gasteiger partial charge in [-0.25, -0.2) is 0 Å². The van der Waals surface area contributed by atoms with Gasteiger partial charge in [-0.1, -0.05) is 31.3 Å². The van der Waals surface area contributed by atoms with Gasteiger partial charge in [-0.3, -0.25) is 0 Å². The number of aromatic nitrogens is 2. The summed E-state index contributed by atoms with van der Waals surface area (Å²) in [7, 11) is 1.61. The first-order valence-corrected chi connectivity index (χ1v) is 6.24. The van der Waals surface area contributed by atoms with E-state index < -0.39 is 0 Å². The fourth-order valence-corrected chi connectivity index (χ4v) is 2.43. The zero-order chi connectivity index (χ0) is 12.3. The summed E-state index contributed by atoms with van der Waals surface area (Å²) in [4.78, 5) is 4.44. The van der Waals surface area contributed by atoms with Gasteiger partial charge in [0.1, 0.15) is 0 Å². The zero-order valence-electron chi connectivity index (χ0n) is 10.6. The topological polar surface area (TPSA) is 74.2 Å². The van der Waals surface area contributed by atoms with Gasteiger partial charge in [0.05, 0.1) is 12.6 Å². The molecule has 5 heteroatoms. The molecule has 1 atom stereocenters. The molecule has 0 spiro atoms. The highest BCUT2D eigenvalue weighted by Crippen LogP contribution is 2.38. The van der Waals surface area contributed by atoms with E-state index in [-0.39, 0.29) is 11.5 Å². The summed E-state index contributed by atoms with van der Waals surface area (Å²) < 4.78 is 10.4. The van der Waals surface area contributed by atoms with Crippen molar-refractivity contribution in [3.8, 4) is 0 Å². The van der Waals surface area contributed by atoms with Crippen LogP contribution in [0.15, 0.2) is 4.52 Å². The fourth-order valence-electron chi connectivity index (χ4n) is 2.43. The van der Waals surface area contributed by atoms with Gasteiger partial charge in [-0.15, -0.1) is 0 Å². The molecule has 0 aliphatic heterocycles. The SMILES string of the molecule is COCC(N)c1noc(C2(C)CCCCC2)n1. The third-order valence-corrected chi connectivity index (χ3v) is 3.59. The van der Waals surface area contributed by atoms with E-state index in [9.17, 15) is 0 Å². The molecular formula is C12H21N3O2. The third kappa shape index (κ3) is 2.66. The summed E-state index contributed by atoms with van der Waals surface area (Å²) in [6.45, 7) is 2.61. The molecule has 1 fully saturated rings. The van der Waals surface area contributed by atoms with Crippen molar-refractivity contribution in [3.05, 3.63) is 11.7 Å². The Bertz CT molecular complexity index is 358. The molecule has 0 aromatic carbocycles. The van der Waals surface area contributed by atoms with E-state index >= 15 is 0 Å². The third-order valence-electron chi connectivity index (χ3n) is 3.59. The van der Waals surface area contributed by atoms with Gasteiger partial charge in [-0.05, 0) is 12.8 Å². The molecule has 5 nitrogen and oxygen atoms in total. The number of rotatable bonds is 4. The normalized spacial score (nSPS) is 21.4. The molecule has 0 saturated heterocycles. The van der Waals surface area contributed by atoms with Crippen LogP contribution in [0.2, 0.25) is 0 Å². The number of hydrogen-bond donors (Lipinski definition) is 1. The summed E-state index contributed by atoms with van der Waals surface area (Å²) >= 11 is 0. The molecule has 1 aliphatic carbocycles. The average Bonchev–Trinajstić information content (AvgIpc) is 2.80. The standard InChI is InChI=1S/C12H21N3O2/c1-12(6-4-3-5-7-12)11-14-10(15-17-11)9(13)8-16-2/h9H,3-8,13H2,1-2H3. The molecule has 0 radical (unpaired) electrons. The molecular weight excluding hydrogens is 218 g/mol. The first kappa shape index (κ1) is 12.5. The van der Waals surface area contributed by atoms with E-state index in [1.54, 1.807) is 7.11 Å². The van der Waals surface area contributed by atoms with Gasteiger partial charge in [0.15, 0.2) is 5.82 Å². The molecule has 96 valence electrons. The average molecular weight is 239 g/mol. The van der Waals surface area contributed by atoms with Gasteiger partial charge in [0, 0.05) is 12.5 Å². The van der Waals surface area contributed by atoms with Crippen LogP contribution < -0.4 is 5.73 Å². The van der Waals surface area contributed by atoms with Gasteiger partial charge in [0.2, 0.25) is 5.89 Å². The molecule has 2 rings (SSSR count). The lowest BCUT2D eigenvalue weighted by Crippen LogP contribution is -2.26. The minimum atomic E-state index is -0.301. The first-order chi connectivity index (χ1) is 8.15. The van der Waals surface area contributed by atoms with Crippen molar-refractivity contribution < 1.29 is 9.26 Å². The molecule has 1 saturated carbocycles. The zero-order valence-corrected chi connectivity index (χ0v) is 10.6. The molecule has 0 bridgehead atoms. The van der Waals surface area contributed by atoms with Crippen molar-refractivity contribution >= 4 is 0 Å². The van der Waals surface area contributed by atoms with Gasteiger partial charge < -0.3 is 15.0 Å². The van der Waals surface area contributed by atoms with Crippen molar-refractivity contribution in [3.63, 3.8) is 0 Å². The maximum atomic E-state index is 5.88. The number of ether oxygens (including phenoxy) is 1. The number of hydrogen-bond acceptors (Lipinski definition) is 5. The van der Waals surface area contributed by atoms with E-state index in [1.807, 2.05) is 0 Å². The van der Waals surface area contributed by atoms with Crippen LogP contribution in [0, 0.1) is 0 Å². The summed E-state index contributed by atoms with van der Waals surface area (Å²) in [5, 5.41) is 3.96. The minimum Gasteiger partial charge on any atom is -0.383 e. The molecule has 1 unspecified atom stereocenters. The van der Waals surface area contributed by atoms with Crippen LogP contribution in [0.3, 0.4) is 0 Å². The first-order valence-electron chi connectivity index (χ1n) is 6.24. The van der Waals surface area contributed by atoms with Crippen molar-refractivity contribution in [1.82, 2.24) is 10.1 Å². The summed E-state index contributed by atoms with van der Waals surface area (Å²) in [5.41, 5.74) is 5.92. The van der Waals surface area contributed by atoms with Crippen molar-refractivity contribution in [2.45, 2.75) is 50.5 Å². The van der Waals surface area contributed by atoms with Crippen LogP contribution in [-0.4, -0.2) is 23.9 Å². The van der Waals surface area contributed by atoms with Crippen LogP contribution in [0.5, 0.6) is 0 Å². The van der Waals surface area contributed by atoms with Crippen molar-refractivity contribution in [2.75, 3.05) is 13.7 Å². The lowest BCUT2D eigenvalue weighted by atomic mass is 9.75. The minimum absolute atomic E-state index is 0.0380. The Labute approximate surface area is 102 Å². The summed E-state index contributed by atoms with van der Waals surface area (Å²) in [6.07, 6.45) is 6.01. The highest BCUT2D eigenvalue weighted by atomic mass is 16.5. The van der Waals surface area contributed by atoms with Gasteiger partial charge in [-0.2, -0.15) is 4.98 Å². The fraction of sp³-hybridized carbons (Fsp3) is 0.833. The van der Waals surface area contributed by atoms with Crippen LogP contribution in [0.4, 0.5) is 0 Å². The summed E-state index contributed by atoms with van der Waals surface area (Å²) in [6, 6.07) is -0.301. The molecule has 0 amide bonds. The Morgan fingerprint density at radius 1 is 1.41 bits per heavy atom. The van der Waals surface area contributed by atoms with Crippen molar-refractivity contribution in [1.29, 1.82) is 0 Å². The van der Waals surface area contributed by atoms with Crippen LogP contribution in [-0.2, 0) is 10.2 Å². The van der Waals surface area contributed by atoms with Crippen LogP contribution in [0.1, 0.15) is 56.8 Å². The highest BCUT2D eigenvalue weighted by molar-refractivity contribution is 5.06. The predicted octanol–water partition coefficient (Wildman–Crippen LogP) is 1.94. The monoisotopic (exact) mass is 239 g/mol. The Balaban J connectivity index is 2.11. The maximum absolute atomic E-state index is 5.88. The van der Waals surface area contributed by atoms with E-state index in [1.165, 1.54) is 19.3 Å². The number of nitrogens with two attached hydrogens (primary N) is 1. The van der Waals surface area contributed by atoms with E-state index in [0.717, 1.165) is 18.7 Å². The number of nitrogens with zero attached hydrogens (tertiary/aromatic N) is 2. The summed E-state index contributed by atoms with van der Waals surface area (Å²) in [5.74, 6) is 1.28. The Morgan fingerprint density at radius 3 is 2.76 bits per heavy atom. The second-order valence-electron chi connectivity index (χ2n) is 5.14. The lowest BCUT2D eigenvalue weighted by Gasteiger charge is -2.29. The van der Waals surface area contributed by atoms with Gasteiger partial charge >= 0.3 is 0 Å². The smallest absolute Gasteiger partial charge is 0.232 e. The molecule has 1 heterocycles.